The summed E-state index contributed by atoms with van der Waals surface area (Å²) in [5, 5.41) is -1.35. The molecule has 0 radical (unpaired) electrons. The van der Waals surface area contributed by atoms with Crippen molar-refractivity contribution >= 4 is 15.8 Å². The number of ether oxygens (including phenoxy) is 2. The minimum atomic E-state index is -4.05. The summed E-state index contributed by atoms with van der Waals surface area (Å²) in [5.74, 6) is 0.571. The van der Waals surface area contributed by atoms with Crippen molar-refractivity contribution in [2.45, 2.75) is 32.2 Å². The summed E-state index contributed by atoms with van der Waals surface area (Å²) in [4.78, 5) is 20.9. The van der Waals surface area contributed by atoms with Crippen LogP contribution in [0.1, 0.15) is 34.2 Å². The van der Waals surface area contributed by atoms with Crippen molar-refractivity contribution in [2.24, 2.45) is 0 Å². The van der Waals surface area contributed by atoms with Crippen LogP contribution in [0.2, 0.25) is 0 Å². The first kappa shape index (κ1) is 24.3. The summed E-state index contributed by atoms with van der Waals surface area (Å²) in [5.41, 5.74) is 2.31. The van der Waals surface area contributed by atoms with Gasteiger partial charge in [0.1, 0.15) is 16.7 Å². The van der Waals surface area contributed by atoms with E-state index in [1.165, 1.54) is 23.6 Å². The molecule has 3 rings (SSSR count). The molecule has 0 aliphatic carbocycles. The quantitative estimate of drug-likeness (QED) is 0.420. The molecule has 2 aromatic carbocycles. The number of hydrogen-bond donors (Lipinski definition) is 0. The van der Waals surface area contributed by atoms with E-state index in [1.54, 1.807) is 69.7 Å². The lowest BCUT2D eigenvalue weighted by molar-refractivity contribution is 0.0979. The molecular weight excluding hydrogens is 442 g/mol. The number of aromatic nitrogens is 2. The van der Waals surface area contributed by atoms with Gasteiger partial charge >= 0.3 is 0 Å². The molecule has 3 aromatic rings. The lowest BCUT2D eigenvalue weighted by Crippen LogP contribution is -2.41. The van der Waals surface area contributed by atoms with Crippen LogP contribution < -0.4 is 9.47 Å². The number of nitrogens with zero attached hydrogens (tertiary/aromatic N) is 3. The number of sulfonamides is 1. The number of carbonyl (C=O) groups excluding carboxylic acids is 1. The third-order valence-electron chi connectivity index (χ3n) is 5.21. The maximum absolute atomic E-state index is 13.6. The molecule has 1 atom stereocenters. The van der Waals surface area contributed by atoms with Gasteiger partial charge in [0.15, 0.2) is 5.82 Å². The Morgan fingerprint density at radius 3 is 1.70 bits per heavy atom. The number of ketones is 1. The standard InChI is InChI=1S/C24H27N3O5S/c1-17-13-25-24(26-14-17)23(28)18(2)33(29,30)27(15-19-5-9-21(31-3)10-6-19)16-20-7-11-22(32-4)12-8-20/h5-14,18H,15-16H2,1-4H3. The molecule has 0 N–H and O–H groups in total. The second-order valence-electron chi connectivity index (χ2n) is 7.60. The zero-order valence-corrected chi connectivity index (χ0v) is 19.9. The smallest absolute Gasteiger partial charge is 0.224 e. The van der Waals surface area contributed by atoms with Gasteiger partial charge in [-0.1, -0.05) is 24.3 Å². The number of methoxy groups -OCH3 is 2. The zero-order chi connectivity index (χ0) is 24.0. The molecule has 9 heteroatoms. The monoisotopic (exact) mass is 469 g/mol. The van der Waals surface area contributed by atoms with Gasteiger partial charge in [-0.2, -0.15) is 4.31 Å². The van der Waals surface area contributed by atoms with Crippen molar-refractivity contribution < 1.29 is 22.7 Å². The molecule has 1 heterocycles. The number of rotatable bonds is 10. The molecule has 1 aromatic heterocycles. The summed E-state index contributed by atoms with van der Waals surface area (Å²) in [7, 11) is -0.914. The fourth-order valence-electron chi connectivity index (χ4n) is 3.17. The van der Waals surface area contributed by atoms with Crippen molar-refractivity contribution in [2.75, 3.05) is 14.2 Å². The van der Waals surface area contributed by atoms with E-state index in [-0.39, 0.29) is 18.9 Å². The van der Waals surface area contributed by atoms with Crippen molar-refractivity contribution in [3.05, 3.63) is 83.4 Å². The normalized spacial score (nSPS) is 12.4. The Balaban J connectivity index is 1.91. The van der Waals surface area contributed by atoms with Crippen LogP contribution in [0.4, 0.5) is 0 Å². The molecule has 0 aliphatic heterocycles. The van der Waals surface area contributed by atoms with Crippen LogP contribution in [-0.2, 0) is 23.1 Å². The number of hydrogen-bond acceptors (Lipinski definition) is 7. The van der Waals surface area contributed by atoms with E-state index in [9.17, 15) is 13.2 Å². The fraction of sp³-hybridized carbons (Fsp3) is 0.292. The molecule has 33 heavy (non-hydrogen) atoms. The van der Waals surface area contributed by atoms with Crippen molar-refractivity contribution in [1.29, 1.82) is 0 Å². The van der Waals surface area contributed by atoms with E-state index >= 15 is 0 Å². The highest BCUT2D eigenvalue weighted by Crippen LogP contribution is 2.22. The van der Waals surface area contributed by atoms with Gasteiger partial charge in [0.25, 0.3) is 0 Å². The first-order valence-corrected chi connectivity index (χ1v) is 11.8. The van der Waals surface area contributed by atoms with Gasteiger partial charge < -0.3 is 9.47 Å². The van der Waals surface area contributed by atoms with Crippen molar-refractivity contribution in [3.8, 4) is 11.5 Å². The first-order chi connectivity index (χ1) is 15.7. The van der Waals surface area contributed by atoms with E-state index in [0.29, 0.717) is 11.5 Å². The van der Waals surface area contributed by atoms with Gasteiger partial charge in [0.05, 0.1) is 14.2 Å². The van der Waals surface area contributed by atoms with Gasteiger partial charge in [0.2, 0.25) is 15.8 Å². The molecule has 1 unspecified atom stereocenters. The average Bonchev–Trinajstić information content (AvgIpc) is 2.84. The molecule has 0 aliphatic rings. The lowest BCUT2D eigenvalue weighted by atomic mass is 10.2. The summed E-state index contributed by atoms with van der Waals surface area (Å²) >= 11 is 0. The molecule has 0 amide bonds. The fourth-order valence-corrected chi connectivity index (χ4v) is 4.65. The largest absolute Gasteiger partial charge is 0.497 e. The summed E-state index contributed by atoms with van der Waals surface area (Å²) < 4.78 is 38.8. The maximum Gasteiger partial charge on any atom is 0.224 e. The Morgan fingerprint density at radius 1 is 0.879 bits per heavy atom. The predicted octanol–water partition coefficient (Wildman–Crippen LogP) is 3.41. The van der Waals surface area contributed by atoms with Crippen LogP contribution in [0.5, 0.6) is 11.5 Å². The van der Waals surface area contributed by atoms with E-state index in [2.05, 4.69) is 9.97 Å². The van der Waals surface area contributed by atoms with Gasteiger partial charge in [-0.05, 0) is 54.8 Å². The molecule has 0 saturated carbocycles. The molecule has 0 fully saturated rings. The molecule has 8 nitrogen and oxygen atoms in total. The van der Waals surface area contributed by atoms with Crippen molar-refractivity contribution in [1.82, 2.24) is 14.3 Å². The van der Waals surface area contributed by atoms with Gasteiger partial charge in [-0.15, -0.1) is 0 Å². The Kier molecular flexibility index (Phi) is 7.78. The molecule has 0 spiro atoms. The number of aryl methyl sites for hydroxylation is 1. The Morgan fingerprint density at radius 2 is 1.30 bits per heavy atom. The Bertz CT molecular complexity index is 1130. The SMILES string of the molecule is COc1ccc(CN(Cc2ccc(OC)cc2)S(=O)(=O)C(C)C(=O)c2ncc(C)cn2)cc1. The average molecular weight is 470 g/mol. The third kappa shape index (κ3) is 5.94. The van der Waals surface area contributed by atoms with Crippen LogP contribution in [-0.4, -0.2) is 47.9 Å². The van der Waals surface area contributed by atoms with Crippen LogP contribution in [0, 0.1) is 6.92 Å². The number of carbonyl (C=O) groups is 1. The van der Waals surface area contributed by atoms with E-state index < -0.39 is 21.1 Å². The molecule has 174 valence electrons. The second kappa shape index (κ2) is 10.5. The molecular formula is C24H27N3O5S. The second-order valence-corrected chi connectivity index (χ2v) is 9.85. The molecule has 0 saturated heterocycles. The third-order valence-corrected chi connectivity index (χ3v) is 7.30. The van der Waals surface area contributed by atoms with E-state index in [4.69, 9.17) is 9.47 Å². The number of benzene rings is 2. The number of Topliss-reactive ketones (excluding diaryl/α,β-unsaturated/α-hetero) is 1. The highest BCUT2D eigenvalue weighted by atomic mass is 32.2. The van der Waals surface area contributed by atoms with Crippen LogP contribution in [0.3, 0.4) is 0 Å². The lowest BCUT2D eigenvalue weighted by Gasteiger charge is -2.25. The topological polar surface area (TPSA) is 98.7 Å². The van der Waals surface area contributed by atoms with Gasteiger partial charge in [-0.25, -0.2) is 18.4 Å². The van der Waals surface area contributed by atoms with E-state index in [1.807, 2.05) is 0 Å². The minimum Gasteiger partial charge on any atom is -0.497 e. The summed E-state index contributed by atoms with van der Waals surface area (Å²) in [6, 6.07) is 14.3. The Hall–Kier alpha value is -3.30. The minimum absolute atomic E-state index is 0.0880. The van der Waals surface area contributed by atoms with Gasteiger partial charge in [-0.3, -0.25) is 4.79 Å². The Labute approximate surface area is 194 Å². The maximum atomic E-state index is 13.6. The summed E-state index contributed by atoms with van der Waals surface area (Å²) in [6.45, 7) is 3.34. The highest BCUT2D eigenvalue weighted by molar-refractivity contribution is 7.90. The zero-order valence-electron chi connectivity index (χ0n) is 19.1. The first-order valence-electron chi connectivity index (χ1n) is 10.3. The van der Waals surface area contributed by atoms with Gasteiger partial charge in [0, 0.05) is 25.5 Å². The summed E-state index contributed by atoms with van der Waals surface area (Å²) in [6.07, 6.45) is 2.98. The highest BCUT2D eigenvalue weighted by Gasteiger charge is 2.35. The van der Waals surface area contributed by atoms with E-state index in [0.717, 1.165) is 16.7 Å². The van der Waals surface area contributed by atoms with Crippen molar-refractivity contribution in [3.63, 3.8) is 0 Å². The van der Waals surface area contributed by atoms with Crippen LogP contribution in [0.15, 0.2) is 60.9 Å². The van der Waals surface area contributed by atoms with Crippen LogP contribution in [0.25, 0.3) is 0 Å². The predicted molar refractivity (Wildman–Crippen MR) is 125 cm³/mol. The van der Waals surface area contributed by atoms with Crippen LogP contribution >= 0.6 is 0 Å². The molecule has 0 bridgehead atoms.